The van der Waals surface area contributed by atoms with Crippen LogP contribution in [0.3, 0.4) is 0 Å². The molecule has 0 aliphatic heterocycles. The highest BCUT2D eigenvalue weighted by Crippen LogP contribution is 2.10. The number of carbonyl (C=O) groups is 1. The first-order valence-electron chi connectivity index (χ1n) is 7.12. The summed E-state index contributed by atoms with van der Waals surface area (Å²) in [7, 11) is 0. The van der Waals surface area contributed by atoms with Gasteiger partial charge in [0.25, 0.3) is 0 Å². The maximum atomic E-state index is 11.6. The summed E-state index contributed by atoms with van der Waals surface area (Å²) in [5, 5.41) is 31.7. The number of aliphatic hydroxyl groups excluding tert-OH is 3. The fourth-order valence-electron chi connectivity index (χ4n) is 1.86. The van der Waals surface area contributed by atoms with Crippen LogP contribution in [-0.2, 0) is 4.79 Å². The van der Waals surface area contributed by atoms with Crippen molar-refractivity contribution < 1.29 is 20.1 Å². The second-order valence-corrected chi connectivity index (χ2v) is 4.90. The molecule has 116 valence electrons. The molecule has 0 heterocycles. The average molecular weight is 287 g/mol. The molecule has 0 fully saturated rings. The number of aliphatic hydroxyl groups is 3. The topological polar surface area (TPSA) is 127 Å². The third-order valence-electron chi connectivity index (χ3n) is 3.16. The van der Waals surface area contributed by atoms with Crippen molar-refractivity contribution in [3.8, 4) is 0 Å². The summed E-state index contributed by atoms with van der Waals surface area (Å²) in [5.74, 6) is -0.493. The molecule has 0 saturated heterocycles. The van der Waals surface area contributed by atoms with Crippen LogP contribution in [0, 0.1) is 0 Å². The molecule has 0 amide bonds. The summed E-state index contributed by atoms with van der Waals surface area (Å²) in [6.07, 6.45) is 1.61. The molecule has 3 N–H and O–H groups in total. The van der Waals surface area contributed by atoms with Gasteiger partial charge < -0.3 is 15.3 Å². The zero-order valence-corrected chi connectivity index (χ0v) is 12.0. The van der Waals surface area contributed by atoms with Gasteiger partial charge in [0.05, 0.1) is 12.6 Å². The Morgan fingerprint density at radius 3 is 2.35 bits per heavy atom. The lowest BCUT2D eigenvalue weighted by molar-refractivity contribution is -0.138. The van der Waals surface area contributed by atoms with Crippen LogP contribution >= 0.6 is 0 Å². The molecule has 0 rings (SSSR count). The summed E-state index contributed by atoms with van der Waals surface area (Å²) in [4.78, 5) is 14.1. The first-order chi connectivity index (χ1) is 9.54. The lowest BCUT2D eigenvalue weighted by Crippen LogP contribution is -2.43. The van der Waals surface area contributed by atoms with E-state index in [1.807, 2.05) is 0 Å². The molecule has 7 nitrogen and oxygen atoms in total. The Kier molecular flexibility index (Phi) is 11.0. The van der Waals surface area contributed by atoms with Gasteiger partial charge in [-0.15, -0.1) is 0 Å². The number of hydrogen-bond donors (Lipinski definition) is 3. The average Bonchev–Trinajstić information content (AvgIpc) is 2.46. The molecular formula is C13H25N3O4. The number of Topliss-reactive ketones (excluding diaryl/α,β-unsaturated/α-hetero) is 1. The van der Waals surface area contributed by atoms with E-state index >= 15 is 0 Å². The Morgan fingerprint density at radius 2 is 1.75 bits per heavy atom. The monoisotopic (exact) mass is 287 g/mol. The van der Waals surface area contributed by atoms with Crippen molar-refractivity contribution in [2.75, 3.05) is 6.54 Å². The van der Waals surface area contributed by atoms with Crippen molar-refractivity contribution in [2.24, 2.45) is 5.11 Å². The summed E-state index contributed by atoms with van der Waals surface area (Å²) in [6, 6.07) is 0. The van der Waals surface area contributed by atoms with Crippen LogP contribution in [0.25, 0.3) is 10.4 Å². The minimum atomic E-state index is -1.63. The van der Waals surface area contributed by atoms with Gasteiger partial charge in [-0.2, -0.15) is 0 Å². The summed E-state index contributed by atoms with van der Waals surface area (Å²) in [5.41, 5.74) is 8.09. The maximum Gasteiger partial charge on any atom is 0.164 e. The van der Waals surface area contributed by atoms with Crippen LogP contribution in [0.5, 0.6) is 0 Å². The van der Waals surface area contributed by atoms with E-state index in [0.717, 1.165) is 25.7 Å². The quantitative estimate of drug-likeness (QED) is 0.218. The van der Waals surface area contributed by atoms with Crippen LogP contribution in [0.2, 0.25) is 0 Å². The van der Waals surface area contributed by atoms with E-state index in [0.29, 0.717) is 6.42 Å². The lowest BCUT2D eigenvalue weighted by Gasteiger charge is -2.20. The lowest BCUT2D eigenvalue weighted by atomic mass is 9.99. The van der Waals surface area contributed by atoms with Crippen LogP contribution in [0.15, 0.2) is 5.11 Å². The maximum absolute atomic E-state index is 11.6. The third-order valence-corrected chi connectivity index (χ3v) is 3.16. The van der Waals surface area contributed by atoms with E-state index in [1.165, 1.54) is 6.42 Å². The molecule has 0 aromatic rings. The number of rotatable bonds is 12. The van der Waals surface area contributed by atoms with E-state index in [-0.39, 0.29) is 13.0 Å². The number of azide groups is 1. The molecular weight excluding hydrogens is 262 g/mol. The number of nitrogens with zero attached hydrogens (tertiary/aromatic N) is 3. The SMILES string of the molecule is CCCCCCCCC(=O)[C@@H](O)[C@H](O)[C@@H](O)CN=[N+]=[N-]. The highest BCUT2D eigenvalue weighted by Gasteiger charge is 2.29. The van der Waals surface area contributed by atoms with Gasteiger partial charge >= 0.3 is 0 Å². The van der Waals surface area contributed by atoms with Gasteiger partial charge in [-0.3, -0.25) is 4.79 Å². The summed E-state index contributed by atoms with van der Waals surface area (Å²) in [6.45, 7) is 1.75. The molecule has 7 heteroatoms. The molecule has 20 heavy (non-hydrogen) atoms. The fraction of sp³-hybridized carbons (Fsp3) is 0.923. The number of unbranched alkanes of at least 4 members (excludes halogenated alkanes) is 5. The van der Waals surface area contributed by atoms with Crippen molar-refractivity contribution >= 4 is 5.78 Å². The Morgan fingerprint density at radius 1 is 1.15 bits per heavy atom. The highest BCUT2D eigenvalue weighted by atomic mass is 16.4. The van der Waals surface area contributed by atoms with E-state index in [9.17, 15) is 20.1 Å². The molecule has 0 saturated carbocycles. The second-order valence-electron chi connectivity index (χ2n) is 4.90. The predicted molar refractivity (Wildman–Crippen MR) is 75.0 cm³/mol. The first kappa shape index (κ1) is 18.9. The predicted octanol–water partition coefficient (Wildman–Crippen LogP) is 1.70. The Bertz CT molecular complexity index is 319. The number of ketones is 1. The van der Waals surface area contributed by atoms with Crippen LogP contribution in [-0.4, -0.2) is 46.0 Å². The smallest absolute Gasteiger partial charge is 0.164 e. The number of carbonyl (C=O) groups excluding carboxylic acids is 1. The van der Waals surface area contributed by atoms with Gasteiger partial charge in [0, 0.05) is 11.3 Å². The van der Waals surface area contributed by atoms with Crippen LogP contribution in [0.1, 0.15) is 51.9 Å². The Hall–Kier alpha value is -1.14. The van der Waals surface area contributed by atoms with E-state index < -0.39 is 24.1 Å². The van der Waals surface area contributed by atoms with Crippen molar-refractivity contribution in [1.82, 2.24) is 0 Å². The second kappa shape index (κ2) is 11.7. The molecule has 3 atom stereocenters. The summed E-state index contributed by atoms with van der Waals surface area (Å²) >= 11 is 0. The number of hydrogen-bond acceptors (Lipinski definition) is 5. The largest absolute Gasteiger partial charge is 0.390 e. The Balaban J connectivity index is 3.92. The first-order valence-corrected chi connectivity index (χ1v) is 7.12. The van der Waals surface area contributed by atoms with Crippen molar-refractivity contribution in [1.29, 1.82) is 0 Å². The van der Waals surface area contributed by atoms with Gasteiger partial charge in [-0.1, -0.05) is 44.1 Å². The van der Waals surface area contributed by atoms with Gasteiger partial charge in [0.15, 0.2) is 5.78 Å². The summed E-state index contributed by atoms with van der Waals surface area (Å²) < 4.78 is 0. The molecule has 0 aromatic heterocycles. The highest BCUT2D eigenvalue weighted by molar-refractivity contribution is 5.83. The van der Waals surface area contributed by atoms with E-state index in [4.69, 9.17) is 5.53 Å². The zero-order valence-electron chi connectivity index (χ0n) is 12.0. The molecule has 0 aliphatic carbocycles. The van der Waals surface area contributed by atoms with Gasteiger partial charge in [-0.25, -0.2) is 0 Å². The van der Waals surface area contributed by atoms with Crippen molar-refractivity contribution in [3.05, 3.63) is 10.4 Å². The van der Waals surface area contributed by atoms with Gasteiger partial charge in [0.1, 0.15) is 12.2 Å². The van der Waals surface area contributed by atoms with Crippen molar-refractivity contribution in [2.45, 2.75) is 70.2 Å². The molecule has 0 aromatic carbocycles. The van der Waals surface area contributed by atoms with E-state index in [2.05, 4.69) is 16.9 Å². The Labute approximate surface area is 119 Å². The minimum Gasteiger partial charge on any atom is -0.390 e. The molecule has 0 aliphatic rings. The normalized spacial score (nSPS) is 15.2. The molecule has 0 radical (unpaired) electrons. The molecule has 0 unspecified atom stereocenters. The molecule has 0 bridgehead atoms. The van der Waals surface area contributed by atoms with Crippen molar-refractivity contribution in [3.63, 3.8) is 0 Å². The minimum absolute atomic E-state index is 0.179. The molecule has 0 spiro atoms. The fourth-order valence-corrected chi connectivity index (χ4v) is 1.86. The van der Waals surface area contributed by atoms with E-state index in [1.54, 1.807) is 0 Å². The van der Waals surface area contributed by atoms with Crippen LogP contribution < -0.4 is 0 Å². The van der Waals surface area contributed by atoms with Crippen LogP contribution in [0.4, 0.5) is 0 Å². The van der Waals surface area contributed by atoms with Gasteiger partial charge in [-0.05, 0) is 12.0 Å². The standard InChI is InChI=1S/C13H25N3O4/c1-2-3-4-5-6-7-8-10(17)12(19)13(20)11(18)9-15-16-14/h11-13,18-20H,2-9H2,1H3/t11-,12+,13+/m0/s1. The zero-order chi connectivity index (χ0) is 15.4. The third kappa shape index (κ3) is 8.12. The van der Waals surface area contributed by atoms with Gasteiger partial charge in [0.2, 0.25) is 0 Å².